The minimum atomic E-state index is -3.46. The van der Waals surface area contributed by atoms with Crippen LogP contribution in [0.5, 0.6) is 0 Å². The first-order chi connectivity index (χ1) is 9.47. The van der Waals surface area contributed by atoms with Crippen molar-refractivity contribution in [2.24, 2.45) is 0 Å². The molecule has 0 atom stereocenters. The van der Waals surface area contributed by atoms with E-state index < -0.39 is 16.0 Å². The van der Waals surface area contributed by atoms with Crippen LogP contribution in [0.4, 0.5) is 5.69 Å². The maximum Gasteiger partial charge on any atom is 0.335 e. The average Bonchev–Trinajstić information content (AvgIpc) is 3.22. The van der Waals surface area contributed by atoms with E-state index >= 15 is 0 Å². The van der Waals surface area contributed by atoms with E-state index in [0.717, 1.165) is 0 Å². The lowest BCUT2D eigenvalue weighted by Gasteiger charge is -2.10. The number of fused-ring (bicyclic) bond motifs is 1. The molecule has 20 heavy (non-hydrogen) atoms. The normalized spacial score (nSPS) is 15.2. The summed E-state index contributed by atoms with van der Waals surface area (Å²) < 4.78 is 26.5. The molecule has 1 aliphatic carbocycles. The van der Waals surface area contributed by atoms with Gasteiger partial charge in [0.2, 0.25) is 10.0 Å². The summed E-state index contributed by atoms with van der Waals surface area (Å²) in [6.07, 6.45) is 2.82. The van der Waals surface area contributed by atoms with Crippen molar-refractivity contribution in [3.8, 4) is 0 Å². The number of nitrogens with zero attached hydrogens (tertiary/aromatic N) is 1. The highest BCUT2D eigenvalue weighted by Gasteiger charge is 2.36. The van der Waals surface area contributed by atoms with Gasteiger partial charge in [-0.1, -0.05) is 6.07 Å². The number of hydrogen-bond acceptors (Lipinski definition) is 4. The summed E-state index contributed by atoms with van der Waals surface area (Å²) in [6.45, 7) is 0. The van der Waals surface area contributed by atoms with Crippen LogP contribution in [0.25, 0.3) is 10.9 Å². The van der Waals surface area contributed by atoms with Crippen molar-refractivity contribution < 1.29 is 18.3 Å². The molecule has 104 valence electrons. The zero-order valence-corrected chi connectivity index (χ0v) is 11.2. The average molecular weight is 292 g/mol. The Bertz CT molecular complexity index is 797. The third-order valence-corrected chi connectivity index (χ3v) is 5.02. The standard InChI is InChI=1S/C13H12N2O4S/c16-13(17)9-6-8-2-1-5-14-12(8)11(7-9)15-20(18,19)10-3-4-10/h1-2,5-7,10,15H,3-4H2,(H,16,17). The number of aromatic carboxylic acids is 1. The number of anilines is 1. The predicted octanol–water partition coefficient (Wildman–Crippen LogP) is 1.84. The fourth-order valence-electron chi connectivity index (χ4n) is 2.01. The SMILES string of the molecule is O=C(O)c1cc(NS(=O)(=O)C2CC2)c2ncccc2c1. The zero-order chi connectivity index (χ0) is 14.3. The van der Waals surface area contributed by atoms with Crippen LogP contribution in [0.3, 0.4) is 0 Å². The molecule has 0 spiro atoms. The number of aromatic nitrogens is 1. The van der Waals surface area contributed by atoms with Gasteiger partial charge in [-0.25, -0.2) is 13.2 Å². The highest BCUT2D eigenvalue weighted by molar-refractivity contribution is 7.93. The van der Waals surface area contributed by atoms with Crippen LogP contribution in [-0.2, 0) is 10.0 Å². The molecule has 7 heteroatoms. The van der Waals surface area contributed by atoms with E-state index in [-0.39, 0.29) is 16.5 Å². The Morgan fingerprint density at radius 2 is 2.10 bits per heavy atom. The van der Waals surface area contributed by atoms with E-state index in [2.05, 4.69) is 9.71 Å². The quantitative estimate of drug-likeness (QED) is 0.896. The molecule has 0 radical (unpaired) electrons. The van der Waals surface area contributed by atoms with E-state index in [0.29, 0.717) is 23.7 Å². The molecule has 2 N–H and O–H groups in total. The monoisotopic (exact) mass is 292 g/mol. The molecule has 1 heterocycles. The van der Waals surface area contributed by atoms with Crippen molar-refractivity contribution >= 4 is 32.6 Å². The smallest absolute Gasteiger partial charge is 0.335 e. The minimum absolute atomic E-state index is 0.0268. The molecule has 2 aromatic rings. The first-order valence-electron chi connectivity index (χ1n) is 6.11. The Morgan fingerprint density at radius 3 is 2.75 bits per heavy atom. The molecule has 1 saturated carbocycles. The van der Waals surface area contributed by atoms with E-state index in [1.54, 1.807) is 12.1 Å². The van der Waals surface area contributed by atoms with Gasteiger partial charge >= 0.3 is 5.97 Å². The van der Waals surface area contributed by atoms with Gasteiger partial charge in [-0.2, -0.15) is 0 Å². The van der Waals surface area contributed by atoms with E-state index in [1.165, 1.54) is 18.3 Å². The van der Waals surface area contributed by atoms with Crippen LogP contribution in [0.2, 0.25) is 0 Å². The van der Waals surface area contributed by atoms with Crippen molar-refractivity contribution in [3.63, 3.8) is 0 Å². The van der Waals surface area contributed by atoms with Gasteiger partial charge in [0.15, 0.2) is 0 Å². The molecule has 1 aliphatic rings. The summed E-state index contributed by atoms with van der Waals surface area (Å²) in [6, 6.07) is 6.15. The Morgan fingerprint density at radius 1 is 1.35 bits per heavy atom. The molecule has 3 rings (SSSR count). The molecule has 0 amide bonds. The lowest BCUT2D eigenvalue weighted by Crippen LogP contribution is -2.18. The van der Waals surface area contributed by atoms with Gasteiger partial charge in [0.05, 0.1) is 22.0 Å². The van der Waals surface area contributed by atoms with Gasteiger partial charge in [-0.3, -0.25) is 9.71 Å². The van der Waals surface area contributed by atoms with Gasteiger partial charge in [0, 0.05) is 11.6 Å². The number of benzene rings is 1. The molecule has 0 bridgehead atoms. The highest BCUT2D eigenvalue weighted by Crippen LogP contribution is 2.32. The Balaban J connectivity index is 2.14. The van der Waals surface area contributed by atoms with Crippen molar-refractivity contribution in [2.75, 3.05) is 4.72 Å². The topological polar surface area (TPSA) is 96.4 Å². The number of carboxylic acids is 1. The van der Waals surface area contributed by atoms with Crippen LogP contribution < -0.4 is 4.72 Å². The number of rotatable bonds is 4. The number of sulfonamides is 1. The summed E-state index contributed by atoms with van der Waals surface area (Å²) in [5.41, 5.74) is 0.688. The summed E-state index contributed by atoms with van der Waals surface area (Å²) in [5, 5.41) is 9.30. The fourth-order valence-corrected chi connectivity index (χ4v) is 3.39. The summed E-state index contributed by atoms with van der Waals surface area (Å²) in [7, 11) is -3.46. The number of hydrogen-bond donors (Lipinski definition) is 2. The predicted molar refractivity (Wildman–Crippen MR) is 74.3 cm³/mol. The first kappa shape index (κ1) is 12.9. The molecule has 0 saturated heterocycles. The molecule has 1 aromatic heterocycles. The second kappa shape index (κ2) is 4.45. The van der Waals surface area contributed by atoms with Gasteiger partial charge in [-0.15, -0.1) is 0 Å². The Hall–Kier alpha value is -2.15. The van der Waals surface area contributed by atoms with E-state index in [4.69, 9.17) is 5.11 Å². The largest absolute Gasteiger partial charge is 0.478 e. The van der Waals surface area contributed by atoms with Crippen LogP contribution in [0.1, 0.15) is 23.2 Å². The number of nitrogens with one attached hydrogen (secondary N) is 1. The lowest BCUT2D eigenvalue weighted by atomic mass is 10.1. The van der Waals surface area contributed by atoms with Crippen molar-refractivity contribution in [2.45, 2.75) is 18.1 Å². The molecular formula is C13H12N2O4S. The molecule has 1 fully saturated rings. The zero-order valence-electron chi connectivity index (χ0n) is 10.4. The van der Waals surface area contributed by atoms with Crippen molar-refractivity contribution in [3.05, 3.63) is 36.0 Å². The number of pyridine rings is 1. The van der Waals surface area contributed by atoms with Gasteiger partial charge in [-0.05, 0) is 31.0 Å². The molecule has 0 aliphatic heterocycles. The fraction of sp³-hybridized carbons (Fsp3) is 0.231. The summed E-state index contributed by atoms with van der Waals surface area (Å²) in [4.78, 5) is 15.2. The minimum Gasteiger partial charge on any atom is -0.478 e. The second-order valence-corrected chi connectivity index (χ2v) is 6.71. The second-order valence-electron chi connectivity index (χ2n) is 4.75. The highest BCUT2D eigenvalue weighted by atomic mass is 32.2. The molecular weight excluding hydrogens is 280 g/mol. The summed E-state index contributed by atoms with van der Waals surface area (Å²) >= 11 is 0. The molecule has 1 aromatic carbocycles. The van der Waals surface area contributed by atoms with E-state index in [9.17, 15) is 13.2 Å². The molecule has 0 unspecified atom stereocenters. The summed E-state index contributed by atoms with van der Waals surface area (Å²) in [5.74, 6) is -1.11. The van der Waals surface area contributed by atoms with Gasteiger partial charge in [0.1, 0.15) is 0 Å². The lowest BCUT2D eigenvalue weighted by molar-refractivity contribution is 0.0697. The van der Waals surface area contributed by atoms with Crippen LogP contribution >= 0.6 is 0 Å². The van der Waals surface area contributed by atoms with Crippen LogP contribution in [-0.4, -0.2) is 29.7 Å². The van der Waals surface area contributed by atoms with Crippen molar-refractivity contribution in [1.29, 1.82) is 0 Å². The number of carbonyl (C=O) groups is 1. The van der Waals surface area contributed by atoms with Gasteiger partial charge < -0.3 is 5.11 Å². The first-order valence-corrected chi connectivity index (χ1v) is 7.66. The Labute approximate surface area is 115 Å². The maximum absolute atomic E-state index is 12.0. The van der Waals surface area contributed by atoms with Crippen LogP contribution in [0.15, 0.2) is 30.5 Å². The number of carboxylic acid groups (broad SMARTS) is 1. The van der Waals surface area contributed by atoms with Gasteiger partial charge in [0.25, 0.3) is 0 Å². The maximum atomic E-state index is 12.0. The molecule has 6 nitrogen and oxygen atoms in total. The van der Waals surface area contributed by atoms with Crippen LogP contribution in [0, 0.1) is 0 Å². The van der Waals surface area contributed by atoms with E-state index in [1.807, 2.05) is 0 Å². The third kappa shape index (κ3) is 2.32. The van der Waals surface area contributed by atoms with Crippen molar-refractivity contribution in [1.82, 2.24) is 4.98 Å². The third-order valence-electron chi connectivity index (χ3n) is 3.17. The Kier molecular flexibility index (Phi) is 2.86.